The van der Waals surface area contributed by atoms with Crippen LogP contribution in [0.4, 0.5) is 5.82 Å². The SMILES string of the molecule is CCOc1ccccc1CN[C@H]1CCN(c2ccccn2)C1. The fourth-order valence-electron chi connectivity index (χ4n) is 2.88. The van der Waals surface area contributed by atoms with Gasteiger partial charge in [0.2, 0.25) is 0 Å². The van der Waals surface area contributed by atoms with Gasteiger partial charge in [0.25, 0.3) is 0 Å². The monoisotopic (exact) mass is 297 g/mol. The highest BCUT2D eigenvalue weighted by atomic mass is 16.5. The minimum absolute atomic E-state index is 0.497. The van der Waals surface area contributed by atoms with Crippen molar-refractivity contribution in [3.63, 3.8) is 0 Å². The molecule has 2 aromatic rings. The Balaban J connectivity index is 1.55. The minimum Gasteiger partial charge on any atom is -0.494 e. The summed E-state index contributed by atoms with van der Waals surface area (Å²) in [6.45, 7) is 5.63. The lowest BCUT2D eigenvalue weighted by Crippen LogP contribution is -2.32. The number of nitrogens with one attached hydrogen (secondary N) is 1. The van der Waals surface area contributed by atoms with Crippen LogP contribution in [0.1, 0.15) is 18.9 Å². The van der Waals surface area contributed by atoms with Gasteiger partial charge in [0.05, 0.1) is 6.61 Å². The summed E-state index contributed by atoms with van der Waals surface area (Å²) in [6.07, 6.45) is 3.00. The van der Waals surface area contributed by atoms with Crippen LogP contribution in [0.2, 0.25) is 0 Å². The van der Waals surface area contributed by atoms with Crippen LogP contribution in [0.5, 0.6) is 5.75 Å². The summed E-state index contributed by atoms with van der Waals surface area (Å²) in [7, 11) is 0. The van der Waals surface area contributed by atoms with Crippen LogP contribution < -0.4 is 15.0 Å². The minimum atomic E-state index is 0.497. The molecule has 1 saturated heterocycles. The summed E-state index contributed by atoms with van der Waals surface area (Å²) in [5, 5.41) is 3.65. The topological polar surface area (TPSA) is 37.4 Å². The van der Waals surface area contributed by atoms with Gasteiger partial charge in [-0.1, -0.05) is 24.3 Å². The first-order chi connectivity index (χ1) is 10.9. The summed E-state index contributed by atoms with van der Waals surface area (Å²) in [5.74, 6) is 2.05. The molecular weight excluding hydrogens is 274 g/mol. The molecule has 1 fully saturated rings. The normalized spacial score (nSPS) is 17.7. The third-order valence-corrected chi connectivity index (χ3v) is 4.02. The van der Waals surface area contributed by atoms with Crippen molar-refractivity contribution in [2.24, 2.45) is 0 Å². The molecule has 0 aliphatic carbocycles. The number of rotatable bonds is 6. The van der Waals surface area contributed by atoms with Crippen LogP contribution in [0, 0.1) is 0 Å². The third kappa shape index (κ3) is 3.57. The number of ether oxygens (including phenoxy) is 1. The number of benzene rings is 1. The van der Waals surface area contributed by atoms with E-state index >= 15 is 0 Å². The Morgan fingerprint density at radius 3 is 2.91 bits per heavy atom. The highest BCUT2D eigenvalue weighted by molar-refractivity contribution is 5.39. The van der Waals surface area contributed by atoms with Crippen LogP contribution >= 0.6 is 0 Å². The van der Waals surface area contributed by atoms with E-state index in [4.69, 9.17) is 4.74 Å². The molecule has 0 unspecified atom stereocenters. The second-order valence-corrected chi connectivity index (χ2v) is 5.54. The predicted molar refractivity (Wildman–Crippen MR) is 89.3 cm³/mol. The zero-order valence-electron chi connectivity index (χ0n) is 13.0. The molecule has 1 aliphatic heterocycles. The van der Waals surface area contributed by atoms with Crippen molar-refractivity contribution in [1.29, 1.82) is 0 Å². The Morgan fingerprint density at radius 2 is 2.09 bits per heavy atom. The lowest BCUT2D eigenvalue weighted by atomic mass is 10.2. The molecule has 4 heteroatoms. The van der Waals surface area contributed by atoms with Gasteiger partial charge in [0.15, 0.2) is 0 Å². The lowest BCUT2D eigenvalue weighted by Gasteiger charge is -2.18. The average molecular weight is 297 g/mol. The van der Waals surface area contributed by atoms with Crippen molar-refractivity contribution in [3.8, 4) is 5.75 Å². The molecule has 2 heterocycles. The second-order valence-electron chi connectivity index (χ2n) is 5.54. The molecule has 1 aromatic heterocycles. The van der Waals surface area contributed by atoms with E-state index in [0.717, 1.165) is 37.6 Å². The lowest BCUT2D eigenvalue weighted by molar-refractivity contribution is 0.335. The maximum absolute atomic E-state index is 5.68. The molecule has 0 amide bonds. The molecule has 1 atom stereocenters. The Kier molecular flexibility index (Phi) is 4.91. The van der Waals surface area contributed by atoms with Gasteiger partial charge in [0, 0.05) is 37.4 Å². The number of hydrogen-bond donors (Lipinski definition) is 1. The van der Waals surface area contributed by atoms with E-state index in [1.807, 2.05) is 37.4 Å². The van der Waals surface area contributed by atoms with E-state index in [1.165, 1.54) is 5.56 Å². The standard InChI is InChI=1S/C18H23N3O/c1-2-22-17-8-4-3-7-15(17)13-20-16-10-12-21(14-16)18-9-5-6-11-19-18/h3-9,11,16,20H,2,10,12-14H2,1H3/t16-/m0/s1. The predicted octanol–water partition coefficient (Wildman–Crippen LogP) is 2.85. The van der Waals surface area contributed by atoms with Crippen molar-refractivity contribution in [3.05, 3.63) is 54.2 Å². The van der Waals surface area contributed by atoms with Crippen LogP contribution in [0.25, 0.3) is 0 Å². The average Bonchev–Trinajstić information content (AvgIpc) is 3.04. The molecule has 22 heavy (non-hydrogen) atoms. The molecule has 0 radical (unpaired) electrons. The van der Waals surface area contributed by atoms with Crippen molar-refractivity contribution in [2.75, 3.05) is 24.6 Å². The summed E-state index contributed by atoms with van der Waals surface area (Å²) in [6, 6.07) is 14.8. The quantitative estimate of drug-likeness (QED) is 0.889. The van der Waals surface area contributed by atoms with Gasteiger partial charge in [-0.05, 0) is 31.5 Å². The third-order valence-electron chi connectivity index (χ3n) is 4.02. The largest absolute Gasteiger partial charge is 0.494 e. The number of para-hydroxylation sites is 1. The first-order valence-corrected chi connectivity index (χ1v) is 7.97. The molecule has 0 saturated carbocycles. The van der Waals surface area contributed by atoms with Crippen molar-refractivity contribution >= 4 is 5.82 Å². The van der Waals surface area contributed by atoms with Crippen LogP contribution in [0.3, 0.4) is 0 Å². The first kappa shape index (κ1) is 14.9. The zero-order valence-corrected chi connectivity index (χ0v) is 13.0. The Morgan fingerprint density at radius 1 is 1.23 bits per heavy atom. The van der Waals surface area contributed by atoms with E-state index < -0.39 is 0 Å². The van der Waals surface area contributed by atoms with Crippen molar-refractivity contribution in [1.82, 2.24) is 10.3 Å². The van der Waals surface area contributed by atoms with Gasteiger partial charge in [-0.3, -0.25) is 0 Å². The number of pyridine rings is 1. The maximum Gasteiger partial charge on any atom is 0.128 e. The molecule has 116 valence electrons. The van der Waals surface area contributed by atoms with Gasteiger partial charge in [-0.25, -0.2) is 4.98 Å². The van der Waals surface area contributed by atoms with Crippen molar-refractivity contribution < 1.29 is 4.74 Å². The van der Waals surface area contributed by atoms with E-state index in [9.17, 15) is 0 Å². The maximum atomic E-state index is 5.68. The molecular formula is C18H23N3O. The Hall–Kier alpha value is -2.07. The first-order valence-electron chi connectivity index (χ1n) is 7.97. The van der Waals surface area contributed by atoms with Gasteiger partial charge in [0.1, 0.15) is 11.6 Å². The molecule has 1 N–H and O–H groups in total. The summed E-state index contributed by atoms with van der Waals surface area (Å²) < 4.78 is 5.68. The van der Waals surface area contributed by atoms with Gasteiger partial charge >= 0.3 is 0 Å². The molecule has 3 rings (SSSR count). The summed E-state index contributed by atoms with van der Waals surface area (Å²) >= 11 is 0. The fourth-order valence-corrected chi connectivity index (χ4v) is 2.88. The molecule has 1 aromatic carbocycles. The number of hydrogen-bond acceptors (Lipinski definition) is 4. The Bertz CT molecular complexity index is 588. The highest BCUT2D eigenvalue weighted by Gasteiger charge is 2.22. The number of aromatic nitrogens is 1. The molecule has 0 spiro atoms. The van der Waals surface area contributed by atoms with Crippen LogP contribution in [0.15, 0.2) is 48.7 Å². The Labute approximate surface area is 132 Å². The fraction of sp³-hybridized carbons (Fsp3) is 0.389. The van der Waals surface area contributed by atoms with Gasteiger partial charge < -0.3 is 15.0 Å². The van der Waals surface area contributed by atoms with E-state index in [-0.39, 0.29) is 0 Å². The van der Waals surface area contributed by atoms with Gasteiger partial charge in [-0.2, -0.15) is 0 Å². The highest BCUT2D eigenvalue weighted by Crippen LogP contribution is 2.20. The second kappa shape index (κ2) is 7.27. The van der Waals surface area contributed by atoms with E-state index in [0.29, 0.717) is 12.6 Å². The zero-order chi connectivity index (χ0) is 15.2. The number of anilines is 1. The molecule has 4 nitrogen and oxygen atoms in total. The van der Waals surface area contributed by atoms with Gasteiger partial charge in [-0.15, -0.1) is 0 Å². The van der Waals surface area contributed by atoms with E-state index in [1.54, 1.807) is 0 Å². The molecule has 1 aliphatic rings. The van der Waals surface area contributed by atoms with Crippen molar-refractivity contribution in [2.45, 2.75) is 25.9 Å². The smallest absolute Gasteiger partial charge is 0.128 e. The summed E-state index contributed by atoms with van der Waals surface area (Å²) in [5.41, 5.74) is 1.22. The van der Waals surface area contributed by atoms with Crippen LogP contribution in [-0.4, -0.2) is 30.7 Å². The molecule has 0 bridgehead atoms. The summed E-state index contributed by atoms with van der Waals surface area (Å²) in [4.78, 5) is 6.77. The van der Waals surface area contributed by atoms with Crippen LogP contribution in [-0.2, 0) is 6.54 Å². The number of nitrogens with zero attached hydrogens (tertiary/aromatic N) is 2. The van der Waals surface area contributed by atoms with E-state index in [2.05, 4.69) is 33.4 Å².